The van der Waals surface area contributed by atoms with E-state index < -0.39 is 0 Å². The van der Waals surface area contributed by atoms with Crippen molar-refractivity contribution >= 4 is 23.4 Å². The molecule has 2 rings (SSSR count). The topological polar surface area (TPSA) is 42.0 Å². The molecule has 1 aliphatic rings. The van der Waals surface area contributed by atoms with Crippen LogP contribution in [0.3, 0.4) is 0 Å². The van der Waals surface area contributed by atoms with E-state index in [0.717, 1.165) is 24.3 Å². The van der Waals surface area contributed by atoms with E-state index in [1.54, 1.807) is 24.2 Å². The maximum Gasteiger partial charge on any atom is 0.237 e. The summed E-state index contributed by atoms with van der Waals surface area (Å²) < 4.78 is 0. The molecule has 14 heavy (non-hydrogen) atoms. The number of hydrogen-bond acceptors (Lipinski definition) is 3. The Bertz CT molecular complexity index is 309. The normalized spacial score (nSPS) is 20.7. The number of nitrogens with zero attached hydrogens (tertiary/aromatic N) is 1. The molecule has 1 amide bonds. The van der Waals surface area contributed by atoms with Gasteiger partial charge in [-0.1, -0.05) is 0 Å². The van der Waals surface area contributed by atoms with Gasteiger partial charge in [-0.25, -0.2) is 0 Å². The van der Waals surface area contributed by atoms with E-state index >= 15 is 0 Å². The molecule has 0 spiro atoms. The highest BCUT2D eigenvalue weighted by Crippen LogP contribution is 2.26. The van der Waals surface area contributed by atoms with Crippen LogP contribution in [0.15, 0.2) is 24.5 Å². The summed E-state index contributed by atoms with van der Waals surface area (Å²) in [6.07, 6.45) is 5.50. The third kappa shape index (κ3) is 2.26. The number of pyridine rings is 1. The van der Waals surface area contributed by atoms with Crippen LogP contribution in [0.25, 0.3) is 0 Å². The average Bonchev–Trinajstić information content (AvgIpc) is 2.72. The molecule has 74 valence electrons. The van der Waals surface area contributed by atoms with Crippen LogP contribution in [-0.2, 0) is 4.79 Å². The first kappa shape index (κ1) is 9.52. The lowest BCUT2D eigenvalue weighted by atomic mass is 10.2. The summed E-state index contributed by atoms with van der Waals surface area (Å²) in [6.45, 7) is 0. The SMILES string of the molecule is O=C(Nc1cccnc1)[C@H]1CCCS1. The van der Waals surface area contributed by atoms with Crippen LogP contribution in [-0.4, -0.2) is 21.9 Å². The molecule has 1 aliphatic heterocycles. The maximum atomic E-state index is 11.7. The molecule has 4 heteroatoms. The van der Waals surface area contributed by atoms with Gasteiger partial charge in [-0.05, 0) is 30.7 Å². The molecule has 2 heterocycles. The molecular weight excluding hydrogens is 196 g/mol. The number of rotatable bonds is 2. The minimum absolute atomic E-state index is 0.112. The molecule has 0 aliphatic carbocycles. The van der Waals surface area contributed by atoms with Crippen LogP contribution in [0.2, 0.25) is 0 Å². The van der Waals surface area contributed by atoms with Gasteiger partial charge in [0, 0.05) is 6.20 Å². The second kappa shape index (κ2) is 4.46. The van der Waals surface area contributed by atoms with Gasteiger partial charge in [0.15, 0.2) is 0 Å². The Morgan fingerprint density at radius 2 is 2.57 bits per heavy atom. The lowest BCUT2D eigenvalue weighted by Crippen LogP contribution is -2.22. The number of carbonyl (C=O) groups excluding carboxylic acids is 1. The lowest BCUT2D eigenvalue weighted by Gasteiger charge is -2.08. The first-order valence-electron chi connectivity index (χ1n) is 4.69. The zero-order valence-electron chi connectivity index (χ0n) is 7.77. The predicted octanol–water partition coefficient (Wildman–Crippen LogP) is 1.92. The molecule has 1 saturated heterocycles. The monoisotopic (exact) mass is 208 g/mol. The van der Waals surface area contributed by atoms with Gasteiger partial charge < -0.3 is 5.32 Å². The second-order valence-corrected chi connectivity index (χ2v) is 4.54. The van der Waals surface area contributed by atoms with Crippen molar-refractivity contribution < 1.29 is 4.79 Å². The van der Waals surface area contributed by atoms with Crippen LogP contribution in [0.4, 0.5) is 5.69 Å². The molecule has 1 aromatic heterocycles. The summed E-state index contributed by atoms with van der Waals surface area (Å²) in [5.41, 5.74) is 0.782. The summed E-state index contributed by atoms with van der Waals surface area (Å²) in [7, 11) is 0. The quantitative estimate of drug-likeness (QED) is 0.807. The molecule has 0 bridgehead atoms. The van der Waals surface area contributed by atoms with E-state index in [1.807, 2.05) is 12.1 Å². The summed E-state index contributed by atoms with van der Waals surface area (Å²) in [5, 5.41) is 3.00. The minimum atomic E-state index is 0.112. The van der Waals surface area contributed by atoms with Gasteiger partial charge in [0.2, 0.25) is 5.91 Å². The molecule has 3 nitrogen and oxygen atoms in total. The van der Waals surface area contributed by atoms with Gasteiger partial charge in [0.25, 0.3) is 0 Å². The lowest BCUT2D eigenvalue weighted by molar-refractivity contribution is -0.115. The van der Waals surface area contributed by atoms with Crippen molar-refractivity contribution in [3.05, 3.63) is 24.5 Å². The molecule has 0 aromatic carbocycles. The smallest absolute Gasteiger partial charge is 0.237 e. The first-order valence-corrected chi connectivity index (χ1v) is 5.73. The predicted molar refractivity (Wildman–Crippen MR) is 58.3 cm³/mol. The number of anilines is 1. The number of nitrogens with one attached hydrogen (secondary N) is 1. The molecule has 0 saturated carbocycles. The highest BCUT2D eigenvalue weighted by atomic mass is 32.2. The van der Waals surface area contributed by atoms with Crippen molar-refractivity contribution in [3.8, 4) is 0 Å². The van der Waals surface area contributed by atoms with Crippen LogP contribution in [0.5, 0.6) is 0 Å². The number of carbonyl (C=O) groups is 1. The third-order valence-electron chi connectivity index (χ3n) is 2.15. The zero-order chi connectivity index (χ0) is 9.80. The van der Waals surface area contributed by atoms with E-state index in [-0.39, 0.29) is 11.2 Å². The standard InChI is InChI=1S/C10H12N2OS/c13-10(9-4-2-6-14-9)12-8-3-1-5-11-7-8/h1,3,5,7,9H,2,4,6H2,(H,12,13)/t9-/m1/s1. The fraction of sp³-hybridized carbons (Fsp3) is 0.400. The zero-order valence-corrected chi connectivity index (χ0v) is 8.59. The van der Waals surface area contributed by atoms with Crippen molar-refractivity contribution in [1.82, 2.24) is 4.98 Å². The van der Waals surface area contributed by atoms with Crippen LogP contribution in [0.1, 0.15) is 12.8 Å². The van der Waals surface area contributed by atoms with Crippen LogP contribution >= 0.6 is 11.8 Å². The Kier molecular flexibility index (Phi) is 3.03. The Morgan fingerprint density at radius 3 is 3.21 bits per heavy atom. The van der Waals surface area contributed by atoms with E-state index in [1.165, 1.54) is 0 Å². The van der Waals surface area contributed by atoms with Crippen molar-refractivity contribution in [1.29, 1.82) is 0 Å². The average molecular weight is 208 g/mol. The number of thioether (sulfide) groups is 1. The van der Waals surface area contributed by atoms with E-state index in [9.17, 15) is 4.79 Å². The summed E-state index contributed by atoms with van der Waals surface area (Å²) in [6, 6.07) is 3.67. The Labute approximate surface area is 87.3 Å². The Morgan fingerprint density at radius 1 is 1.64 bits per heavy atom. The molecule has 0 unspecified atom stereocenters. The molecule has 1 N–H and O–H groups in total. The van der Waals surface area contributed by atoms with Gasteiger partial charge in [-0.3, -0.25) is 9.78 Å². The molecule has 0 radical (unpaired) electrons. The maximum absolute atomic E-state index is 11.7. The molecule has 1 fully saturated rings. The highest BCUT2D eigenvalue weighted by molar-refractivity contribution is 8.00. The number of amides is 1. The van der Waals surface area contributed by atoms with Crippen molar-refractivity contribution in [3.63, 3.8) is 0 Å². The minimum Gasteiger partial charge on any atom is -0.324 e. The van der Waals surface area contributed by atoms with Gasteiger partial charge >= 0.3 is 0 Å². The van der Waals surface area contributed by atoms with Crippen molar-refractivity contribution in [2.45, 2.75) is 18.1 Å². The van der Waals surface area contributed by atoms with Crippen LogP contribution in [0, 0.1) is 0 Å². The third-order valence-corrected chi connectivity index (χ3v) is 3.53. The number of aromatic nitrogens is 1. The fourth-order valence-corrected chi connectivity index (χ4v) is 2.61. The van der Waals surface area contributed by atoms with Crippen molar-refractivity contribution in [2.24, 2.45) is 0 Å². The van der Waals surface area contributed by atoms with Gasteiger partial charge in [0.1, 0.15) is 0 Å². The summed E-state index contributed by atoms with van der Waals surface area (Å²) >= 11 is 1.74. The largest absolute Gasteiger partial charge is 0.324 e. The molecule has 1 aromatic rings. The molecule has 1 atom stereocenters. The fourth-order valence-electron chi connectivity index (χ4n) is 1.44. The summed E-state index contributed by atoms with van der Waals surface area (Å²) in [4.78, 5) is 15.6. The Hall–Kier alpha value is -1.03. The van der Waals surface area contributed by atoms with Crippen LogP contribution < -0.4 is 5.32 Å². The van der Waals surface area contributed by atoms with E-state index in [0.29, 0.717) is 0 Å². The Balaban J connectivity index is 1.94. The molecular formula is C10H12N2OS. The van der Waals surface area contributed by atoms with Crippen molar-refractivity contribution in [2.75, 3.05) is 11.1 Å². The van der Waals surface area contributed by atoms with Gasteiger partial charge in [-0.2, -0.15) is 0 Å². The van der Waals surface area contributed by atoms with E-state index in [4.69, 9.17) is 0 Å². The van der Waals surface area contributed by atoms with E-state index in [2.05, 4.69) is 10.3 Å². The second-order valence-electron chi connectivity index (χ2n) is 3.23. The number of hydrogen-bond donors (Lipinski definition) is 1. The highest BCUT2D eigenvalue weighted by Gasteiger charge is 2.23. The first-order chi connectivity index (χ1) is 6.86. The summed E-state index contributed by atoms with van der Waals surface area (Å²) in [5.74, 6) is 1.21. The van der Waals surface area contributed by atoms with Gasteiger partial charge in [-0.15, -0.1) is 11.8 Å². The van der Waals surface area contributed by atoms with Gasteiger partial charge in [0.05, 0.1) is 17.1 Å².